The van der Waals surface area contributed by atoms with Crippen molar-refractivity contribution >= 4 is 5.91 Å². The Morgan fingerprint density at radius 3 is 2.39 bits per heavy atom. The summed E-state index contributed by atoms with van der Waals surface area (Å²) in [6.45, 7) is 10.8. The number of likely N-dealkylation sites (N-methyl/N-ethyl adjacent to an activating group) is 1. The van der Waals surface area contributed by atoms with Crippen LogP contribution in [0.1, 0.15) is 38.6 Å². The highest BCUT2D eigenvalue weighted by atomic mass is 16.2. The summed E-state index contributed by atoms with van der Waals surface area (Å²) < 4.78 is 1.98. The van der Waals surface area contributed by atoms with Crippen LogP contribution in [0.4, 0.5) is 0 Å². The van der Waals surface area contributed by atoms with Gasteiger partial charge in [-0.3, -0.25) is 14.6 Å². The second-order valence-electron chi connectivity index (χ2n) is 6.39. The van der Waals surface area contributed by atoms with Gasteiger partial charge in [0, 0.05) is 39.3 Å². The molecule has 0 bridgehead atoms. The molecule has 23 heavy (non-hydrogen) atoms. The summed E-state index contributed by atoms with van der Waals surface area (Å²) in [5.74, 6) is 1.21. The lowest BCUT2D eigenvalue weighted by Gasteiger charge is -2.34. The van der Waals surface area contributed by atoms with Crippen molar-refractivity contribution < 1.29 is 4.79 Å². The van der Waals surface area contributed by atoms with Gasteiger partial charge in [0.25, 0.3) is 0 Å². The lowest BCUT2D eigenvalue weighted by molar-refractivity contribution is -0.132. The third-order valence-electron chi connectivity index (χ3n) is 4.76. The highest BCUT2D eigenvalue weighted by Crippen LogP contribution is 2.34. The Kier molecular flexibility index (Phi) is 5.22. The molecule has 1 saturated carbocycles. The van der Waals surface area contributed by atoms with Crippen molar-refractivity contribution in [2.24, 2.45) is 0 Å². The number of nitrogens with zero attached hydrogens (tertiary/aromatic N) is 7. The molecule has 8 heteroatoms. The Bertz CT molecular complexity index is 516. The van der Waals surface area contributed by atoms with Gasteiger partial charge in [0.1, 0.15) is 0 Å². The van der Waals surface area contributed by atoms with Crippen LogP contribution in [0.2, 0.25) is 0 Å². The number of tetrazole rings is 1. The zero-order valence-corrected chi connectivity index (χ0v) is 14.2. The fourth-order valence-electron chi connectivity index (χ4n) is 3.09. The molecular weight excluding hydrogens is 294 g/mol. The fourth-order valence-corrected chi connectivity index (χ4v) is 3.09. The minimum atomic E-state index is 0.237. The quantitative estimate of drug-likeness (QED) is 0.704. The summed E-state index contributed by atoms with van der Waals surface area (Å²) in [4.78, 5) is 18.7. The van der Waals surface area contributed by atoms with Crippen LogP contribution in [0.25, 0.3) is 0 Å². The molecule has 0 unspecified atom stereocenters. The summed E-state index contributed by atoms with van der Waals surface area (Å²) >= 11 is 0. The van der Waals surface area contributed by atoms with Gasteiger partial charge in [0.05, 0.1) is 19.1 Å². The minimum Gasteiger partial charge on any atom is -0.342 e. The van der Waals surface area contributed by atoms with E-state index in [1.54, 1.807) is 0 Å². The number of piperazine rings is 1. The highest BCUT2D eigenvalue weighted by Gasteiger charge is 2.29. The molecule has 1 aromatic heterocycles. The second kappa shape index (κ2) is 7.35. The number of rotatable bonds is 7. The highest BCUT2D eigenvalue weighted by molar-refractivity contribution is 5.78. The van der Waals surface area contributed by atoms with E-state index in [1.807, 2.05) is 23.4 Å². The van der Waals surface area contributed by atoms with E-state index in [9.17, 15) is 4.79 Å². The number of amides is 1. The van der Waals surface area contributed by atoms with E-state index >= 15 is 0 Å². The second-order valence-corrected chi connectivity index (χ2v) is 6.39. The van der Waals surface area contributed by atoms with Gasteiger partial charge in [0.15, 0.2) is 5.82 Å². The zero-order chi connectivity index (χ0) is 16.2. The number of hydrogen-bond donors (Lipinski definition) is 0. The van der Waals surface area contributed by atoms with Crippen molar-refractivity contribution in [1.82, 2.24) is 34.9 Å². The number of carbonyl (C=O) groups is 1. The normalized spacial score (nSPS) is 19.9. The monoisotopic (exact) mass is 321 g/mol. The van der Waals surface area contributed by atoms with Crippen LogP contribution in [-0.4, -0.2) is 86.6 Å². The average Bonchev–Trinajstić information content (AvgIpc) is 3.30. The molecule has 1 aliphatic heterocycles. The number of aromatic nitrogens is 4. The Morgan fingerprint density at radius 1 is 1.13 bits per heavy atom. The summed E-state index contributed by atoms with van der Waals surface area (Å²) in [6, 6.07) is 0.521. The topological polar surface area (TPSA) is 70.4 Å². The lowest BCUT2D eigenvalue weighted by atomic mass is 10.3. The molecular formula is C15H27N7O. The van der Waals surface area contributed by atoms with E-state index in [1.165, 1.54) is 12.8 Å². The summed E-state index contributed by atoms with van der Waals surface area (Å²) in [5, 5.41) is 12.1. The van der Waals surface area contributed by atoms with Crippen LogP contribution < -0.4 is 0 Å². The van der Waals surface area contributed by atoms with Gasteiger partial charge in [-0.05, 0) is 37.1 Å². The van der Waals surface area contributed by atoms with E-state index in [4.69, 9.17) is 0 Å². The molecule has 1 aromatic rings. The molecule has 3 rings (SSSR count). The number of carbonyl (C=O) groups excluding carboxylic acids is 1. The summed E-state index contributed by atoms with van der Waals surface area (Å²) in [6.07, 6.45) is 2.39. The molecule has 128 valence electrons. The van der Waals surface area contributed by atoms with E-state index < -0.39 is 0 Å². The van der Waals surface area contributed by atoms with Crippen LogP contribution in [0.5, 0.6) is 0 Å². The van der Waals surface area contributed by atoms with Crippen molar-refractivity contribution in [3.05, 3.63) is 5.82 Å². The molecule has 2 heterocycles. The van der Waals surface area contributed by atoms with Crippen LogP contribution >= 0.6 is 0 Å². The maximum Gasteiger partial charge on any atom is 0.236 e. The van der Waals surface area contributed by atoms with Crippen molar-refractivity contribution in [1.29, 1.82) is 0 Å². The number of hydrogen-bond acceptors (Lipinski definition) is 6. The zero-order valence-electron chi connectivity index (χ0n) is 14.2. The third-order valence-corrected chi connectivity index (χ3v) is 4.76. The first kappa shape index (κ1) is 16.3. The fraction of sp³-hybridized carbons (Fsp3) is 0.867. The van der Waals surface area contributed by atoms with Crippen molar-refractivity contribution in [3.63, 3.8) is 0 Å². The smallest absolute Gasteiger partial charge is 0.236 e. The molecule has 0 radical (unpaired) electrons. The van der Waals surface area contributed by atoms with Crippen molar-refractivity contribution in [3.8, 4) is 0 Å². The minimum absolute atomic E-state index is 0.237. The SMILES string of the molecule is CCN(CC)C(=O)CN1CCN(Cc2nnnn2C2CC2)CC1. The van der Waals surface area contributed by atoms with E-state index in [2.05, 4.69) is 25.3 Å². The molecule has 2 fully saturated rings. The first-order chi connectivity index (χ1) is 11.2. The summed E-state index contributed by atoms with van der Waals surface area (Å²) in [7, 11) is 0. The average molecular weight is 321 g/mol. The van der Waals surface area contributed by atoms with Gasteiger partial charge in [-0.2, -0.15) is 0 Å². The molecule has 0 spiro atoms. The molecule has 0 atom stereocenters. The van der Waals surface area contributed by atoms with Gasteiger partial charge >= 0.3 is 0 Å². The first-order valence-electron chi connectivity index (χ1n) is 8.70. The van der Waals surface area contributed by atoms with E-state index in [0.717, 1.165) is 51.6 Å². The first-order valence-corrected chi connectivity index (χ1v) is 8.70. The molecule has 0 aromatic carbocycles. The Balaban J connectivity index is 1.45. The maximum absolute atomic E-state index is 12.2. The van der Waals surface area contributed by atoms with Gasteiger partial charge in [0.2, 0.25) is 5.91 Å². The van der Waals surface area contributed by atoms with Gasteiger partial charge in [-0.15, -0.1) is 5.10 Å². The Morgan fingerprint density at radius 2 is 1.78 bits per heavy atom. The Labute approximate surface area is 137 Å². The van der Waals surface area contributed by atoms with Crippen molar-refractivity contribution in [2.45, 2.75) is 39.3 Å². The van der Waals surface area contributed by atoms with Gasteiger partial charge < -0.3 is 4.90 Å². The standard InChI is InChI=1S/C15H27N7O/c1-3-21(4-2)15(23)12-20-9-7-19(8-10-20)11-14-16-17-18-22(14)13-5-6-13/h13H,3-12H2,1-2H3. The lowest BCUT2D eigenvalue weighted by Crippen LogP contribution is -2.49. The predicted molar refractivity (Wildman–Crippen MR) is 85.7 cm³/mol. The van der Waals surface area contributed by atoms with Gasteiger partial charge in [-0.25, -0.2) is 4.68 Å². The van der Waals surface area contributed by atoms with E-state index in [-0.39, 0.29) is 5.91 Å². The van der Waals surface area contributed by atoms with Crippen LogP contribution in [0.15, 0.2) is 0 Å². The largest absolute Gasteiger partial charge is 0.342 e. The molecule has 1 saturated heterocycles. The third kappa shape index (κ3) is 4.06. The van der Waals surface area contributed by atoms with Crippen LogP contribution in [0.3, 0.4) is 0 Å². The molecule has 1 amide bonds. The Hall–Kier alpha value is -1.54. The predicted octanol–water partition coefficient (Wildman–Crippen LogP) is -0.00600. The maximum atomic E-state index is 12.2. The molecule has 2 aliphatic rings. The van der Waals surface area contributed by atoms with Crippen LogP contribution in [-0.2, 0) is 11.3 Å². The summed E-state index contributed by atoms with van der Waals surface area (Å²) in [5.41, 5.74) is 0. The molecule has 0 N–H and O–H groups in total. The van der Waals surface area contributed by atoms with Crippen molar-refractivity contribution in [2.75, 3.05) is 45.8 Å². The van der Waals surface area contributed by atoms with Crippen LogP contribution in [0, 0.1) is 0 Å². The van der Waals surface area contributed by atoms with Gasteiger partial charge in [-0.1, -0.05) is 0 Å². The van der Waals surface area contributed by atoms with E-state index in [0.29, 0.717) is 12.6 Å². The molecule has 8 nitrogen and oxygen atoms in total. The molecule has 1 aliphatic carbocycles.